The molecule has 4 atom stereocenters. The van der Waals surface area contributed by atoms with E-state index in [0.29, 0.717) is 5.56 Å². The number of aliphatic hydroxyl groups excluding tert-OH is 2. The minimum atomic E-state index is -3.70. The van der Waals surface area contributed by atoms with Crippen LogP contribution in [0.1, 0.15) is 11.8 Å². The highest BCUT2D eigenvalue weighted by Crippen LogP contribution is 2.29. The van der Waals surface area contributed by atoms with E-state index in [0.717, 1.165) is 6.26 Å². The van der Waals surface area contributed by atoms with Gasteiger partial charge in [0.05, 0.1) is 12.9 Å². The summed E-state index contributed by atoms with van der Waals surface area (Å²) in [6.07, 6.45) is -2.58. The first-order valence-electron chi connectivity index (χ1n) is 6.28. The number of nitrogens with zero attached hydrogens (tertiary/aromatic N) is 1. The second kappa shape index (κ2) is 6.18. The SMILES string of the molecule is Cc1cn([C@@H]2O[C@H](COS(C)(=O)=O)[C@@H](O)[C@H]2O)c(=S)[nH]c1=O. The van der Waals surface area contributed by atoms with Gasteiger partial charge in [0.2, 0.25) is 0 Å². The van der Waals surface area contributed by atoms with Crippen molar-refractivity contribution in [2.75, 3.05) is 12.9 Å². The van der Waals surface area contributed by atoms with Crippen molar-refractivity contribution in [3.63, 3.8) is 0 Å². The standard InChI is InChI=1S/C11H16N2O7S2/c1-5-3-13(11(21)12-9(5)16)10-8(15)7(14)6(20-10)4-19-22(2,17)18/h3,6-8,10,14-15H,4H2,1-2H3,(H,12,16,21)/t6-,7-,8-,10-/m1/s1. The summed E-state index contributed by atoms with van der Waals surface area (Å²) in [5, 5.41) is 20.0. The number of rotatable bonds is 4. The lowest BCUT2D eigenvalue weighted by Gasteiger charge is -2.18. The van der Waals surface area contributed by atoms with Gasteiger partial charge in [-0.2, -0.15) is 8.42 Å². The summed E-state index contributed by atoms with van der Waals surface area (Å²) < 4.78 is 33.3. The van der Waals surface area contributed by atoms with Crippen molar-refractivity contribution in [1.82, 2.24) is 9.55 Å². The van der Waals surface area contributed by atoms with Crippen molar-refractivity contribution < 1.29 is 27.6 Å². The summed E-state index contributed by atoms with van der Waals surface area (Å²) in [6.45, 7) is 1.11. The molecule has 1 fully saturated rings. The van der Waals surface area contributed by atoms with Gasteiger partial charge < -0.3 is 14.9 Å². The van der Waals surface area contributed by atoms with Crippen LogP contribution in [0.4, 0.5) is 0 Å². The van der Waals surface area contributed by atoms with Gasteiger partial charge in [-0.25, -0.2) is 0 Å². The van der Waals surface area contributed by atoms with Gasteiger partial charge in [0.25, 0.3) is 15.7 Å². The number of hydrogen-bond acceptors (Lipinski definition) is 8. The monoisotopic (exact) mass is 352 g/mol. The van der Waals surface area contributed by atoms with E-state index in [9.17, 15) is 23.4 Å². The molecule has 1 aliphatic rings. The van der Waals surface area contributed by atoms with E-state index in [4.69, 9.17) is 17.0 Å². The minimum Gasteiger partial charge on any atom is -0.387 e. The van der Waals surface area contributed by atoms with Gasteiger partial charge in [-0.3, -0.25) is 18.5 Å². The van der Waals surface area contributed by atoms with E-state index in [2.05, 4.69) is 9.17 Å². The van der Waals surface area contributed by atoms with Gasteiger partial charge >= 0.3 is 0 Å². The highest BCUT2D eigenvalue weighted by atomic mass is 32.2. The maximum absolute atomic E-state index is 11.5. The lowest BCUT2D eigenvalue weighted by molar-refractivity contribution is -0.0499. The summed E-state index contributed by atoms with van der Waals surface area (Å²) in [5.41, 5.74) is -0.0269. The molecule has 0 saturated carbocycles. The number of ether oxygens (including phenoxy) is 1. The number of aromatic amines is 1. The minimum absolute atomic E-state index is 0.0107. The Hall–Kier alpha value is -1.11. The topological polar surface area (TPSA) is 131 Å². The third kappa shape index (κ3) is 3.62. The third-order valence-electron chi connectivity index (χ3n) is 3.20. The molecule has 124 valence electrons. The Morgan fingerprint density at radius 3 is 2.68 bits per heavy atom. The Bertz CT molecular complexity index is 769. The maximum Gasteiger partial charge on any atom is 0.264 e. The molecule has 3 N–H and O–H groups in total. The Balaban J connectivity index is 2.25. The van der Waals surface area contributed by atoms with Crippen LogP contribution in [0.2, 0.25) is 0 Å². The van der Waals surface area contributed by atoms with Crippen molar-refractivity contribution in [1.29, 1.82) is 0 Å². The summed E-state index contributed by atoms with van der Waals surface area (Å²) in [4.78, 5) is 13.9. The maximum atomic E-state index is 11.5. The number of nitrogens with one attached hydrogen (secondary N) is 1. The van der Waals surface area contributed by atoms with Crippen LogP contribution in [0, 0.1) is 11.7 Å². The lowest BCUT2D eigenvalue weighted by Crippen LogP contribution is -2.34. The molecular formula is C11H16N2O7S2. The lowest BCUT2D eigenvalue weighted by atomic mass is 10.1. The zero-order valence-corrected chi connectivity index (χ0v) is 13.4. The molecule has 0 spiro atoms. The molecule has 0 amide bonds. The fourth-order valence-electron chi connectivity index (χ4n) is 2.06. The Morgan fingerprint density at radius 1 is 1.45 bits per heavy atom. The van der Waals surface area contributed by atoms with E-state index in [1.807, 2.05) is 0 Å². The number of aromatic nitrogens is 2. The molecule has 1 saturated heterocycles. The van der Waals surface area contributed by atoms with Gasteiger partial charge in [-0.1, -0.05) is 0 Å². The highest BCUT2D eigenvalue weighted by molar-refractivity contribution is 7.85. The van der Waals surface area contributed by atoms with E-state index in [1.165, 1.54) is 10.8 Å². The van der Waals surface area contributed by atoms with E-state index in [-0.39, 0.29) is 10.3 Å². The van der Waals surface area contributed by atoms with Crippen molar-refractivity contribution in [2.45, 2.75) is 31.5 Å². The van der Waals surface area contributed by atoms with Crippen molar-refractivity contribution in [3.05, 3.63) is 26.9 Å². The number of aryl methyl sites for hydroxylation is 1. The fraction of sp³-hybridized carbons (Fsp3) is 0.636. The second-order valence-corrected chi connectivity index (χ2v) is 7.04. The molecule has 22 heavy (non-hydrogen) atoms. The molecule has 1 aromatic rings. The largest absolute Gasteiger partial charge is 0.387 e. The van der Waals surface area contributed by atoms with Crippen LogP contribution in [0.3, 0.4) is 0 Å². The molecule has 9 nitrogen and oxygen atoms in total. The van der Waals surface area contributed by atoms with Crippen molar-refractivity contribution >= 4 is 22.3 Å². The van der Waals surface area contributed by atoms with Crippen LogP contribution in [-0.2, 0) is 19.0 Å². The molecule has 0 aromatic carbocycles. The van der Waals surface area contributed by atoms with Gasteiger partial charge in [0, 0.05) is 11.8 Å². The molecule has 1 aromatic heterocycles. The molecule has 2 heterocycles. The van der Waals surface area contributed by atoms with Gasteiger partial charge in [-0.15, -0.1) is 0 Å². The predicted molar refractivity (Wildman–Crippen MR) is 77.3 cm³/mol. The van der Waals surface area contributed by atoms with Crippen molar-refractivity contribution in [2.24, 2.45) is 0 Å². The van der Waals surface area contributed by atoms with Crippen LogP contribution in [0.5, 0.6) is 0 Å². The summed E-state index contributed by atoms with van der Waals surface area (Å²) in [5.74, 6) is 0. The highest BCUT2D eigenvalue weighted by Gasteiger charge is 2.44. The molecule has 0 radical (unpaired) electrons. The molecule has 0 aliphatic carbocycles. The summed E-state index contributed by atoms with van der Waals surface area (Å²) in [6, 6.07) is 0. The Kier molecular flexibility index (Phi) is 4.84. The molecule has 11 heteroatoms. The van der Waals surface area contributed by atoms with Crippen LogP contribution >= 0.6 is 12.2 Å². The van der Waals surface area contributed by atoms with E-state index >= 15 is 0 Å². The van der Waals surface area contributed by atoms with Crippen LogP contribution < -0.4 is 5.56 Å². The molecular weight excluding hydrogens is 336 g/mol. The predicted octanol–water partition coefficient (Wildman–Crippen LogP) is -1.19. The second-order valence-electron chi connectivity index (χ2n) is 5.01. The van der Waals surface area contributed by atoms with Gasteiger partial charge in [-0.05, 0) is 19.1 Å². The smallest absolute Gasteiger partial charge is 0.264 e. The Labute approximate surface area is 131 Å². The van der Waals surface area contributed by atoms with E-state index in [1.54, 1.807) is 6.92 Å². The number of hydrogen-bond donors (Lipinski definition) is 3. The first kappa shape index (κ1) is 17.2. The van der Waals surface area contributed by atoms with Crippen molar-refractivity contribution in [3.8, 4) is 0 Å². The van der Waals surface area contributed by atoms with Crippen LogP contribution in [0.15, 0.2) is 11.0 Å². The normalized spacial score (nSPS) is 28.9. The average molecular weight is 352 g/mol. The van der Waals surface area contributed by atoms with Gasteiger partial charge in [0.15, 0.2) is 11.0 Å². The molecule has 2 rings (SSSR count). The van der Waals surface area contributed by atoms with Crippen LogP contribution in [-0.4, -0.2) is 59.4 Å². The Morgan fingerprint density at radius 2 is 2.09 bits per heavy atom. The first-order chi connectivity index (χ1) is 10.1. The zero-order valence-electron chi connectivity index (χ0n) is 11.8. The van der Waals surface area contributed by atoms with Crippen LogP contribution in [0.25, 0.3) is 0 Å². The van der Waals surface area contributed by atoms with Gasteiger partial charge in [0.1, 0.15) is 18.3 Å². The quantitative estimate of drug-likeness (QED) is 0.455. The number of H-pyrrole nitrogens is 1. The summed E-state index contributed by atoms with van der Waals surface area (Å²) >= 11 is 5.00. The zero-order chi connectivity index (χ0) is 16.7. The fourth-order valence-corrected chi connectivity index (χ4v) is 2.69. The molecule has 0 bridgehead atoms. The third-order valence-corrected chi connectivity index (χ3v) is 4.08. The number of aliphatic hydroxyl groups is 2. The summed E-state index contributed by atoms with van der Waals surface area (Å²) in [7, 11) is -3.70. The molecule has 0 unspecified atom stereocenters. The molecule has 1 aliphatic heterocycles. The van der Waals surface area contributed by atoms with E-state index < -0.39 is 41.3 Å². The first-order valence-corrected chi connectivity index (χ1v) is 8.50. The average Bonchev–Trinajstić information content (AvgIpc) is 2.68.